The topological polar surface area (TPSA) is 61.5 Å². The number of piperazine rings is 1. The highest BCUT2D eigenvalue weighted by atomic mass is 35.5. The van der Waals surface area contributed by atoms with Gasteiger partial charge in [-0.2, -0.15) is 0 Å². The second-order valence-corrected chi connectivity index (χ2v) is 9.96. The first kappa shape index (κ1) is 25.1. The molecule has 1 fully saturated rings. The number of benzene rings is 2. The van der Waals surface area contributed by atoms with Gasteiger partial charge < -0.3 is 19.5 Å². The molecule has 0 aliphatic carbocycles. The Morgan fingerprint density at radius 3 is 2.68 bits per heavy atom. The molecule has 6 nitrogen and oxygen atoms in total. The zero-order valence-electron chi connectivity index (χ0n) is 21.5. The van der Waals surface area contributed by atoms with E-state index in [4.69, 9.17) is 16.3 Å². The van der Waals surface area contributed by atoms with Crippen molar-refractivity contribution in [3.63, 3.8) is 0 Å². The molecule has 3 heterocycles. The number of ether oxygens (including phenoxy) is 1. The Labute approximate surface area is 222 Å². The SMILES string of the molecule is C=CC(=O)Cc1cc(-c2c(-c3ccc(N4CCN(C)CC4)cc3OC)[nH]c3nccc(Cl)c23)ccc1C. The number of likely N-dealkylation sites (N-methyl/N-ethyl adjacent to an activating group) is 1. The van der Waals surface area contributed by atoms with Crippen molar-refractivity contribution in [2.45, 2.75) is 13.3 Å². The second kappa shape index (κ2) is 10.4. The number of allylic oxidation sites excluding steroid dienone is 1. The zero-order valence-corrected chi connectivity index (χ0v) is 22.2. The van der Waals surface area contributed by atoms with Crippen LogP contribution in [0.1, 0.15) is 11.1 Å². The van der Waals surface area contributed by atoms with E-state index in [0.717, 1.165) is 76.5 Å². The third kappa shape index (κ3) is 4.87. The maximum Gasteiger partial charge on any atom is 0.159 e. The molecule has 190 valence electrons. The number of aromatic amines is 1. The Bertz CT molecular complexity index is 1480. The lowest BCUT2D eigenvalue weighted by Gasteiger charge is -2.34. The molecule has 4 aromatic rings. The molecular weight excluding hydrogens is 484 g/mol. The Morgan fingerprint density at radius 2 is 1.95 bits per heavy atom. The summed E-state index contributed by atoms with van der Waals surface area (Å²) >= 11 is 6.73. The van der Waals surface area contributed by atoms with Gasteiger partial charge in [-0.25, -0.2) is 4.98 Å². The highest BCUT2D eigenvalue weighted by Crippen LogP contribution is 2.44. The molecule has 1 aliphatic heterocycles. The van der Waals surface area contributed by atoms with Crippen molar-refractivity contribution in [2.75, 3.05) is 45.2 Å². The van der Waals surface area contributed by atoms with Crippen molar-refractivity contribution in [1.29, 1.82) is 0 Å². The van der Waals surface area contributed by atoms with Crippen LogP contribution in [-0.4, -0.2) is 61.0 Å². The van der Waals surface area contributed by atoms with E-state index in [2.05, 4.69) is 63.7 Å². The molecule has 2 aromatic carbocycles. The number of nitrogens with zero attached hydrogens (tertiary/aromatic N) is 3. The molecule has 1 aliphatic rings. The standard InChI is InChI=1S/C30H31ClN4O2/c1-5-23(36)17-21-16-20(7-6-19(21)2)27-28-25(31)10-11-32-30(28)33-29(27)24-9-8-22(18-26(24)37-4)35-14-12-34(3)13-15-35/h5-11,16,18H,1,12-15,17H2,2-4H3,(H,32,33). The summed E-state index contributed by atoms with van der Waals surface area (Å²) in [5.74, 6) is 0.759. The molecule has 0 spiro atoms. The fourth-order valence-corrected chi connectivity index (χ4v) is 5.23. The number of carbonyl (C=O) groups is 1. The van der Waals surface area contributed by atoms with Gasteiger partial charge in [-0.3, -0.25) is 4.79 Å². The van der Waals surface area contributed by atoms with Crippen LogP contribution in [0.25, 0.3) is 33.4 Å². The lowest BCUT2D eigenvalue weighted by atomic mass is 9.93. The van der Waals surface area contributed by atoms with E-state index in [-0.39, 0.29) is 5.78 Å². The normalized spacial score (nSPS) is 14.2. The number of carbonyl (C=O) groups excluding carboxylic acids is 1. The van der Waals surface area contributed by atoms with Gasteiger partial charge in [0.2, 0.25) is 0 Å². The molecule has 0 saturated carbocycles. The third-order valence-electron chi connectivity index (χ3n) is 7.20. The molecule has 0 radical (unpaired) electrons. The van der Waals surface area contributed by atoms with Gasteiger partial charge in [0.1, 0.15) is 11.4 Å². The number of nitrogens with one attached hydrogen (secondary N) is 1. The first-order valence-corrected chi connectivity index (χ1v) is 12.8. The third-order valence-corrected chi connectivity index (χ3v) is 7.51. The van der Waals surface area contributed by atoms with Crippen molar-refractivity contribution < 1.29 is 9.53 Å². The minimum absolute atomic E-state index is 0.0136. The number of aromatic nitrogens is 2. The van der Waals surface area contributed by atoms with Crippen LogP contribution in [0.3, 0.4) is 0 Å². The zero-order chi connectivity index (χ0) is 26.1. The van der Waals surface area contributed by atoms with Crippen molar-refractivity contribution in [3.8, 4) is 28.1 Å². The maximum absolute atomic E-state index is 12.2. The fourth-order valence-electron chi connectivity index (χ4n) is 4.99. The highest BCUT2D eigenvalue weighted by Gasteiger charge is 2.23. The van der Waals surface area contributed by atoms with E-state index < -0.39 is 0 Å². The second-order valence-electron chi connectivity index (χ2n) is 9.55. The molecule has 1 saturated heterocycles. The Morgan fingerprint density at radius 1 is 1.16 bits per heavy atom. The quantitative estimate of drug-likeness (QED) is 0.310. The number of ketones is 1. The van der Waals surface area contributed by atoms with Gasteiger partial charge in [0.15, 0.2) is 5.78 Å². The molecule has 0 bridgehead atoms. The predicted octanol–water partition coefficient (Wildman–Crippen LogP) is 5.92. The molecule has 2 aromatic heterocycles. The number of pyridine rings is 1. The van der Waals surface area contributed by atoms with Gasteiger partial charge in [0.25, 0.3) is 0 Å². The maximum atomic E-state index is 12.2. The lowest BCUT2D eigenvalue weighted by Crippen LogP contribution is -2.44. The number of H-pyrrole nitrogens is 1. The van der Waals surface area contributed by atoms with Gasteiger partial charge in [-0.15, -0.1) is 0 Å². The Balaban J connectivity index is 1.67. The van der Waals surface area contributed by atoms with Crippen molar-refractivity contribution in [1.82, 2.24) is 14.9 Å². The van der Waals surface area contributed by atoms with Gasteiger partial charge in [0.05, 0.1) is 17.8 Å². The summed E-state index contributed by atoms with van der Waals surface area (Å²) < 4.78 is 5.91. The number of rotatable bonds is 7. The van der Waals surface area contributed by atoms with Crippen LogP contribution in [0.5, 0.6) is 5.75 Å². The van der Waals surface area contributed by atoms with Gasteiger partial charge in [-0.05, 0) is 54.9 Å². The summed E-state index contributed by atoms with van der Waals surface area (Å²) in [6, 6.07) is 14.3. The van der Waals surface area contributed by atoms with E-state index in [0.29, 0.717) is 17.1 Å². The van der Waals surface area contributed by atoms with E-state index in [9.17, 15) is 4.79 Å². The van der Waals surface area contributed by atoms with E-state index in [1.165, 1.54) is 6.08 Å². The first-order chi connectivity index (χ1) is 17.9. The van der Waals surface area contributed by atoms with Gasteiger partial charge in [-0.1, -0.05) is 36.4 Å². The largest absolute Gasteiger partial charge is 0.496 e. The number of hydrogen-bond donors (Lipinski definition) is 1. The molecule has 0 amide bonds. The summed E-state index contributed by atoms with van der Waals surface area (Å²) in [5.41, 5.74) is 7.55. The van der Waals surface area contributed by atoms with Crippen LogP contribution in [0, 0.1) is 6.92 Å². The van der Waals surface area contributed by atoms with Crippen molar-refractivity contribution >= 4 is 34.1 Å². The van der Waals surface area contributed by atoms with Crippen molar-refractivity contribution in [2.24, 2.45) is 0 Å². The number of fused-ring (bicyclic) bond motifs is 1. The summed E-state index contributed by atoms with van der Waals surface area (Å²) in [6.07, 6.45) is 3.37. The van der Waals surface area contributed by atoms with Crippen molar-refractivity contribution in [3.05, 3.63) is 77.5 Å². The van der Waals surface area contributed by atoms with Gasteiger partial charge in [0, 0.05) is 67.1 Å². The molecule has 0 unspecified atom stereocenters. The molecule has 1 N–H and O–H groups in total. The van der Waals surface area contributed by atoms with Crippen LogP contribution in [0.15, 0.2) is 61.3 Å². The monoisotopic (exact) mass is 514 g/mol. The average Bonchev–Trinajstić information content (AvgIpc) is 3.30. The lowest BCUT2D eigenvalue weighted by molar-refractivity contribution is -0.114. The number of anilines is 1. The van der Waals surface area contributed by atoms with Crippen LogP contribution in [-0.2, 0) is 11.2 Å². The van der Waals surface area contributed by atoms with Crippen LogP contribution >= 0.6 is 11.6 Å². The Hall–Kier alpha value is -3.61. The van der Waals surface area contributed by atoms with Crippen LogP contribution in [0.4, 0.5) is 5.69 Å². The highest BCUT2D eigenvalue weighted by molar-refractivity contribution is 6.36. The minimum Gasteiger partial charge on any atom is -0.496 e. The average molecular weight is 515 g/mol. The minimum atomic E-state index is -0.0136. The van der Waals surface area contributed by atoms with Gasteiger partial charge >= 0.3 is 0 Å². The van der Waals surface area contributed by atoms with Crippen LogP contribution < -0.4 is 9.64 Å². The fraction of sp³-hybridized carbons (Fsp3) is 0.267. The molecular formula is C30H31ClN4O2. The van der Waals surface area contributed by atoms with E-state index in [1.54, 1.807) is 19.4 Å². The van der Waals surface area contributed by atoms with E-state index in [1.807, 2.05) is 13.0 Å². The number of aryl methyl sites for hydroxylation is 1. The predicted molar refractivity (Wildman–Crippen MR) is 152 cm³/mol. The number of halogens is 1. The summed E-state index contributed by atoms with van der Waals surface area (Å²) in [6.45, 7) is 9.66. The number of hydrogen-bond acceptors (Lipinski definition) is 5. The first-order valence-electron chi connectivity index (χ1n) is 12.4. The Kier molecular flexibility index (Phi) is 7.04. The summed E-state index contributed by atoms with van der Waals surface area (Å²) in [4.78, 5) is 25.0. The summed E-state index contributed by atoms with van der Waals surface area (Å²) in [7, 11) is 3.85. The smallest absolute Gasteiger partial charge is 0.159 e. The van der Waals surface area contributed by atoms with E-state index >= 15 is 0 Å². The molecule has 5 rings (SSSR count). The molecule has 0 atom stereocenters. The summed E-state index contributed by atoms with van der Waals surface area (Å²) in [5, 5.41) is 1.45. The number of methoxy groups -OCH3 is 1. The van der Waals surface area contributed by atoms with Crippen LogP contribution in [0.2, 0.25) is 5.02 Å². The molecule has 37 heavy (non-hydrogen) atoms. The molecule has 7 heteroatoms.